The fraction of sp³-hybridized carbons (Fsp3) is 0.923. The summed E-state index contributed by atoms with van der Waals surface area (Å²) in [6, 6.07) is 0. The number of rotatable bonds is 9. The van der Waals surface area contributed by atoms with E-state index in [-0.39, 0.29) is 0 Å². The van der Waals surface area contributed by atoms with Crippen molar-refractivity contribution >= 4 is 5.97 Å². The minimum absolute atomic E-state index is 0.506. The average Bonchev–Trinajstić information content (AvgIpc) is 2.57. The molecule has 34 heavy (non-hydrogen) atoms. The lowest BCUT2D eigenvalue weighted by atomic mass is 10.2. The molecule has 204 valence electrons. The zero-order chi connectivity index (χ0) is 28.0. The van der Waals surface area contributed by atoms with Crippen LogP contribution in [0.2, 0.25) is 0 Å². The molecular formula is C13H9F17O4. The van der Waals surface area contributed by atoms with Gasteiger partial charge in [-0.2, -0.15) is 74.6 Å². The predicted molar refractivity (Wildman–Crippen MR) is 68.7 cm³/mol. The van der Waals surface area contributed by atoms with Crippen molar-refractivity contribution in [2.45, 2.75) is 74.8 Å². The smallest absolute Gasteiger partial charge is 0.458 e. The van der Waals surface area contributed by atoms with Crippen LogP contribution in [0.3, 0.4) is 0 Å². The first kappa shape index (κ1) is 32.2. The molecule has 0 rings (SSSR count). The van der Waals surface area contributed by atoms with Crippen LogP contribution in [-0.4, -0.2) is 60.5 Å². The lowest BCUT2D eigenvalue weighted by molar-refractivity contribution is -0.548. The molecule has 0 spiro atoms. The molecule has 0 bridgehead atoms. The summed E-state index contributed by atoms with van der Waals surface area (Å²) in [6.07, 6.45) is -40.8. The third kappa shape index (κ3) is 5.70. The number of esters is 1. The largest absolute Gasteiger partial charge is 0.462 e. The van der Waals surface area contributed by atoms with E-state index in [0.717, 1.165) is 6.92 Å². The Hall–Kier alpha value is -1.80. The van der Waals surface area contributed by atoms with E-state index in [1.54, 1.807) is 0 Å². The van der Waals surface area contributed by atoms with Gasteiger partial charge in [0.05, 0.1) is 6.10 Å². The van der Waals surface area contributed by atoms with E-state index >= 15 is 0 Å². The molecule has 0 heterocycles. The summed E-state index contributed by atoms with van der Waals surface area (Å²) >= 11 is 0. The van der Waals surface area contributed by atoms with Crippen molar-refractivity contribution in [2.75, 3.05) is 0 Å². The highest BCUT2D eigenvalue weighted by Crippen LogP contribution is 2.56. The van der Waals surface area contributed by atoms with Gasteiger partial charge in [0, 0.05) is 0 Å². The van der Waals surface area contributed by atoms with Gasteiger partial charge >= 0.3 is 54.3 Å². The minimum atomic E-state index is -8.04. The van der Waals surface area contributed by atoms with Gasteiger partial charge in [0.15, 0.2) is 0 Å². The average molecular weight is 552 g/mol. The number of halogens is 17. The van der Waals surface area contributed by atoms with E-state index in [0.29, 0.717) is 6.92 Å². The lowest BCUT2D eigenvalue weighted by Crippen LogP contribution is -2.68. The van der Waals surface area contributed by atoms with E-state index in [1.165, 1.54) is 4.74 Å². The monoisotopic (exact) mass is 552 g/mol. The summed E-state index contributed by atoms with van der Waals surface area (Å²) in [6.45, 7) is 1.67. The Labute approximate surface area is 175 Å². The predicted octanol–water partition coefficient (Wildman–Crippen LogP) is 6.20. The molecule has 0 saturated carbocycles. The van der Waals surface area contributed by atoms with E-state index < -0.39 is 66.9 Å². The molecule has 0 amide bonds. The topological polar surface area (TPSA) is 44.8 Å². The van der Waals surface area contributed by atoms with Crippen LogP contribution in [0.4, 0.5) is 74.6 Å². The molecule has 0 aliphatic heterocycles. The zero-order valence-corrected chi connectivity index (χ0v) is 15.8. The van der Waals surface area contributed by atoms with Crippen molar-refractivity contribution in [3.05, 3.63) is 0 Å². The van der Waals surface area contributed by atoms with Crippen LogP contribution in [-0.2, 0) is 19.0 Å². The number of carbonyl (C=O) groups is 1. The molecule has 0 aromatic carbocycles. The van der Waals surface area contributed by atoms with Crippen molar-refractivity contribution in [3.63, 3.8) is 0 Å². The van der Waals surface area contributed by atoms with Crippen LogP contribution >= 0.6 is 0 Å². The van der Waals surface area contributed by atoms with Gasteiger partial charge in [-0.1, -0.05) is 6.92 Å². The Morgan fingerprint density at radius 3 is 1.35 bits per heavy atom. The Morgan fingerprint density at radius 2 is 1.06 bits per heavy atom. The molecule has 0 fully saturated rings. The van der Waals surface area contributed by atoms with Crippen LogP contribution in [0.15, 0.2) is 0 Å². The van der Waals surface area contributed by atoms with Crippen LogP contribution in [0, 0.1) is 0 Å². The molecule has 21 heteroatoms. The van der Waals surface area contributed by atoms with Crippen molar-refractivity contribution < 1.29 is 93.6 Å². The Morgan fingerprint density at radius 1 is 0.647 bits per heavy atom. The molecule has 0 radical (unpaired) electrons. The molecule has 3 unspecified atom stereocenters. The maximum Gasteiger partial charge on any atom is 0.462 e. The Balaban J connectivity index is 6.73. The summed E-state index contributed by atoms with van der Waals surface area (Å²) in [4.78, 5) is 11.3. The summed E-state index contributed by atoms with van der Waals surface area (Å²) < 4.78 is 226. The first-order chi connectivity index (χ1) is 14.5. The second-order valence-electron chi connectivity index (χ2n) is 6.12. The summed E-state index contributed by atoms with van der Waals surface area (Å²) in [5.74, 6) is -26.4. The van der Waals surface area contributed by atoms with E-state index in [1.807, 2.05) is 4.74 Å². The molecule has 4 nitrogen and oxygen atoms in total. The molecule has 0 aliphatic carbocycles. The van der Waals surface area contributed by atoms with Crippen LogP contribution in [0.5, 0.6) is 0 Å². The first-order valence-electron chi connectivity index (χ1n) is 7.87. The van der Waals surface area contributed by atoms with Crippen molar-refractivity contribution in [2.24, 2.45) is 0 Å². The quantitative estimate of drug-likeness (QED) is 0.253. The van der Waals surface area contributed by atoms with Gasteiger partial charge in [-0.25, -0.2) is 4.79 Å². The SMILES string of the molecule is CCC(C)OC(=O)C(F)(OC(F)(F)C(F)(OC(F)(F)C(F)(F)C(F)(F)F)C(F)(F)F)C(F)(F)F. The van der Waals surface area contributed by atoms with Gasteiger partial charge in [-0.15, -0.1) is 0 Å². The number of carbonyl (C=O) groups excluding carboxylic acids is 1. The van der Waals surface area contributed by atoms with Crippen molar-refractivity contribution in [1.29, 1.82) is 0 Å². The first-order valence-corrected chi connectivity index (χ1v) is 7.87. The molecule has 0 aromatic heterocycles. The normalized spacial score (nSPS) is 19.3. The molecule has 0 aliphatic rings. The highest BCUT2D eigenvalue weighted by atomic mass is 19.4. The number of alkyl halides is 17. The molecule has 0 N–H and O–H groups in total. The van der Waals surface area contributed by atoms with E-state index in [4.69, 9.17) is 0 Å². The van der Waals surface area contributed by atoms with Gasteiger partial charge < -0.3 is 4.74 Å². The maximum atomic E-state index is 14.1. The summed E-state index contributed by atoms with van der Waals surface area (Å²) in [7, 11) is 0. The Kier molecular flexibility index (Phi) is 8.53. The molecule has 0 aromatic rings. The van der Waals surface area contributed by atoms with Gasteiger partial charge in [0.25, 0.3) is 0 Å². The highest BCUT2D eigenvalue weighted by Gasteiger charge is 2.85. The third-order valence-electron chi connectivity index (χ3n) is 3.51. The fourth-order valence-electron chi connectivity index (χ4n) is 1.49. The minimum Gasteiger partial charge on any atom is -0.458 e. The summed E-state index contributed by atoms with van der Waals surface area (Å²) in [5, 5.41) is 0. The number of ether oxygens (including phenoxy) is 3. The van der Waals surface area contributed by atoms with Crippen LogP contribution < -0.4 is 0 Å². The van der Waals surface area contributed by atoms with Gasteiger partial charge in [-0.05, 0) is 13.3 Å². The van der Waals surface area contributed by atoms with Gasteiger partial charge in [0.2, 0.25) is 0 Å². The third-order valence-corrected chi connectivity index (χ3v) is 3.51. The van der Waals surface area contributed by atoms with Gasteiger partial charge in [0.1, 0.15) is 0 Å². The molecule has 0 saturated heterocycles. The van der Waals surface area contributed by atoms with Crippen molar-refractivity contribution in [1.82, 2.24) is 0 Å². The van der Waals surface area contributed by atoms with Crippen LogP contribution in [0.25, 0.3) is 0 Å². The number of hydrogen-bond donors (Lipinski definition) is 0. The zero-order valence-electron chi connectivity index (χ0n) is 15.8. The molecule has 3 atom stereocenters. The summed E-state index contributed by atoms with van der Waals surface area (Å²) in [5.41, 5.74) is 0. The van der Waals surface area contributed by atoms with Crippen LogP contribution in [0.1, 0.15) is 20.3 Å². The maximum absolute atomic E-state index is 14.1. The second-order valence-corrected chi connectivity index (χ2v) is 6.12. The highest BCUT2D eigenvalue weighted by molar-refractivity contribution is 5.79. The fourth-order valence-corrected chi connectivity index (χ4v) is 1.49. The van der Waals surface area contributed by atoms with E-state index in [9.17, 15) is 79.4 Å². The second kappa shape index (κ2) is 9.01. The lowest BCUT2D eigenvalue weighted by Gasteiger charge is -2.40. The standard InChI is InChI=1S/C13H9F17O4/c1-3-4(2)32-5(31)6(14,9(18,19)20)33-13(29,30)8(17,11(24,25)26)34-12(27,28)7(15,16)10(21,22)23/h4H,3H2,1-2H3. The Bertz CT molecular complexity index is 726. The van der Waals surface area contributed by atoms with Gasteiger partial charge in [-0.3, -0.25) is 9.47 Å². The molecular weight excluding hydrogens is 543 g/mol. The van der Waals surface area contributed by atoms with E-state index in [2.05, 4.69) is 4.74 Å². The van der Waals surface area contributed by atoms with Crippen molar-refractivity contribution in [3.8, 4) is 0 Å². The number of hydrogen-bond acceptors (Lipinski definition) is 4.